The van der Waals surface area contributed by atoms with Crippen molar-refractivity contribution in [2.75, 3.05) is 37.6 Å². The molecule has 29 heavy (non-hydrogen) atoms. The number of benzene rings is 2. The number of anilines is 1. The van der Waals surface area contributed by atoms with Gasteiger partial charge in [-0.05, 0) is 43.2 Å². The van der Waals surface area contributed by atoms with Crippen molar-refractivity contribution in [2.45, 2.75) is 19.4 Å². The number of amides is 1. The van der Waals surface area contributed by atoms with Gasteiger partial charge in [0.25, 0.3) is 0 Å². The number of hydrogen-bond acceptors (Lipinski definition) is 4. The van der Waals surface area contributed by atoms with Crippen LogP contribution < -0.4 is 10.2 Å². The number of halogens is 1. The number of fused-ring (bicyclic) bond motifs is 1. The minimum absolute atomic E-state index is 0.0428. The third-order valence-corrected chi connectivity index (χ3v) is 5.63. The fourth-order valence-corrected chi connectivity index (χ4v) is 3.88. The Bertz CT molecular complexity index is 938. The lowest BCUT2D eigenvalue weighted by molar-refractivity contribution is -0.122. The molecule has 2 N–H and O–H groups in total. The highest BCUT2D eigenvalue weighted by Gasteiger charge is 2.20. The number of H-pyrrole nitrogens is 1. The Balaban J connectivity index is 1.31. The van der Waals surface area contributed by atoms with E-state index in [2.05, 4.69) is 20.1 Å². The summed E-state index contributed by atoms with van der Waals surface area (Å²) in [6.45, 7) is 5.91. The van der Waals surface area contributed by atoms with Crippen LogP contribution in [0.2, 0.25) is 5.02 Å². The molecule has 1 aliphatic heterocycles. The van der Waals surface area contributed by atoms with E-state index in [1.165, 1.54) is 0 Å². The number of para-hydroxylation sites is 2. The zero-order chi connectivity index (χ0) is 20.2. The highest BCUT2D eigenvalue weighted by atomic mass is 35.5. The fourth-order valence-electron chi connectivity index (χ4n) is 3.75. The standard InChI is InChI=1S/C22H26ClN5O/c1-16(17-7-9-18(23)10-8-17)24-21(29)15-27-11-4-12-28(14-13-27)22-25-19-5-2-3-6-20(19)26-22/h2-3,5-10,16H,4,11-15H2,1H3,(H,24,29)(H,25,26). The maximum absolute atomic E-state index is 12.5. The molecular formula is C22H26ClN5O. The zero-order valence-corrected chi connectivity index (χ0v) is 17.3. The Morgan fingerprint density at radius 1 is 1.14 bits per heavy atom. The second-order valence-corrected chi connectivity index (χ2v) is 7.97. The van der Waals surface area contributed by atoms with Crippen molar-refractivity contribution in [2.24, 2.45) is 0 Å². The van der Waals surface area contributed by atoms with Crippen LogP contribution in [0.15, 0.2) is 48.5 Å². The molecule has 1 saturated heterocycles. The SMILES string of the molecule is CC(NC(=O)CN1CCCN(c2nc3ccccc3[nH]2)CC1)c1ccc(Cl)cc1. The molecule has 2 heterocycles. The molecule has 2 aromatic carbocycles. The minimum atomic E-state index is -0.0428. The van der Waals surface area contributed by atoms with Gasteiger partial charge in [-0.25, -0.2) is 4.98 Å². The number of hydrogen-bond donors (Lipinski definition) is 2. The van der Waals surface area contributed by atoms with Crippen LogP contribution in [0, 0.1) is 0 Å². The lowest BCUT2D eigenvalue weighted by Crippen LogP contribution is -2.40. The zero-order valence-electron chi connectivity index (χ0n) is 16.6. The van der Waals surface area contributed by atoms with E-state index in [4.69, 9.17) is 16.6 Å². The molecule has 6 nitrogen and oxygen atoms in total. The van der Waals surface area contributed by atoms with Crippen molar-refractivity contribution in [3.63, 3.8) is 0 Å². The van der Waals surface area contributed by atoms with Gasteiger partial charge in [0.1, 0.15) is 0 Å². The molecule has 0 bridgehead atoms. The van der Waals surface area contributed by atoms with Crippen molar-refractivity contribution < 1.29 is 4.79 Å². The Morgan fingerprint density at radius 3 is 2.72 bits per heavy atom. The number of nitrogens with zero attached hydrogens (tertiary/aromatic N) is 3. The predicted octanol–water partition coefficient (Wildman–Crippen LogP) is 3.61. The van der Waals surface area contributed by atoms with Crippen LogP contribution in [0.1, 0.15) is 24.9 Å². The molecule has 1 amide bonds. The number of aromatic amines is 1. The third kappa shape index (κ3) is 4.89. The summed E-state index contributed by atoms with van der Waals surface area (Å²) in [5.41, 5.74) is 3.09. The summed E-state index contributed by atoms with van der Waals surface area (Å²) in [4.78, 5) is 25.1. The van der Waals surface area contributed by atoms with E-state index in [9.17, 15) is 4.79 Å². The van der Waals surface area contributed by atoms with E-state index in [1.807, 2.05) is 55.5 Å². The summed E-state index contributed by atoms with van der Waals surface area (Å²) in [6, 6.07) is 15.6. The van der Waals surface area contributed by atoms with Gasteiger partial charge in [0.15, 0.2) is 0 Å². The lowest BCUT2D eigenvalue weighted by atomic mass is 10.1. The average Bonchev–Trinajstić information content (AvgIpc) is 3.01. The van der Waals surface area contributed by atoms with E-state index in [0.717, 1.165) is 55.1 Å². The van der Waals surface area contributed by atoms with Gasteiger partial charge in [0, 0.05) is 31.2 Å². The molecule has 152 valence electrons. The van der Waals surface area contributed by atoms with Gasteiger partial charge in [-0.2, -0.15) is 0 Å². The first-order chi connectivity index (χ1) is 14.1. The van der Waals surface area contributed by atoms with Crippen LogP contribution in [0.3, 0.4) is 0 Å². The van der Waals surface area contributed by atoms with E-state index in [-0.39, 0.29) is 11.9 Å². The van der Waals surface area contributed by atoms with Gasteiger partial charge in [0.2, 0.25) is 11.9 Å². The number of imidazole rings is 1. The second-order valence-electron chi connectivity index (χ2n) is 7.54. The Hall–Kier alpha value is -2.57. The van der Waals surface area contributed by atoms with Crippen molar-refractivity contribution in [1.82, 2.24) is 20.2 Å². The summed E-state index contributed by atoms with van der Waals surface area (Å²) >= 11 is 5.94. The molecule has 4 rings (SSSR count). The molecule has 1 fully saturated rings. The molecule has 0 radical (unpaired) electrons. The molecule has 1 aromatic heterocycles. The molecular weight excluding hydrogens is 386 g/mol. The molecule has 1 unspecified atom stereocenters. The maximum atomic E-state index is 12.5. The van der Waals surface area contributed by atoms with Crippen LogP contribution in [0.4, 0.5) is 5.95 Å². The summed E-state index contributed by atoms with van der Waals surface area (Å²) in [5, 5.41) is 3.79. The summed E-state index contributed by atoms with van der Waals surface area (Å²) in [7, 11) is 0. The minimum Gasteiger partial charge on any atom is -0.348 e. The van der Waals surface area contributed by atoms with Crippen LogP contribution in [-0.2, 0) is 4.79 Å². The predicted molar refractivity (Wildman–Crippen MR) is 117 cm³/mol. The Kier molecular flexibility index (Phi) is 6.02. The monoisotopic (exact) mass is 411 g/mol. The molecule has 0 saturated carbocycles. The topological polar surface area (TPSA) is 64.3 Å². The molecule has 3 aromatic rings. The maximum Gasteiger partial charge on any atom is 0.234 e. The van der Waals surface area contributed by atoms with E-state index in [0.29, 0.717) is 11.6 Å². The van der Waals surface area contributed by atoms with Crippen LogP contribution >= 0.6 is 11.6 Å². The highest BCUT2D eigenvalue weighted by Crippen LogP contribution is 2.19. The quantitative estimate of drug-likeness (QED) is 0.673. The van der Waals surface area contributed by atoms with Crippen molar-refractivity contribution in [3.8, 4) is 0 Å². The van der Waals surface area contributed by atoms with Gasteiger partial charge in [0.05, 0.1) is 23.6 Å². The van der Waals surface area contributed by atoms with Crippen LogP contribution in [0.25, 0.3) is 11.0 Å². The number of aromatic nitrogens is 2. The molecule has 1 aliphatic rings. The first-order valence-corrected chi connectivity index (χ1v) is 10.4. The normalized spacial score (nSPS) is 16.6. The van der Waals surface area contributed by atoms with Gasteiger partial charge >= 0.3 is 0 Å². The largest absolute Gasteiger partial charge is 0.348 e. The lowest BCUT2D eigenvalue weighted by Gasteiger charge is -2.22. The van der Waals surface area contributed by atoms with Crippen LogP contribution in [0.5, 0.6) is 0 Å². The summed E-state index contributed by atoms with van der Waals surface area (Å²) < 4.78 is 0. The van der Waals surface area contributed by atoms with Gasteiger partial charge in [-0.3, -0.25) is 9.69 Å². The second kappa shape index (κ2) is 8.84. The molecule has 0 aliphatic carbocycles. The van der Waals surface area contributed by atoms with Gasteiger partial charge in [-0.1, -0.05) is 35.9 Å². The molecule has 0 spiro atoms. The van der Waals surface area contributed by atoms with Crippen molar-refractivity contribution in [3.05, 3.63) is 59.1 Å². The molecule has 1 atom stereocenters. The fraction of sp³-hybridized carbons (Fsp3) is 0.364. The highest BCUT2D eigenvalue weighted by molar-refractivity contribution is 6.30. The van der Waals surface area contributed by atoms with Crippen molar-refractivity contribution >= 4 is 34.5 Å². The Morgan fingerprint density at radius 2 is 1.93 bits per heavy atom. The third-order valence-electron chi connectivity index (χ3n) is 5.38. The van der Waals surface area contributed by atoms with E-state index >= 15 is 0 Å². The van der Waals surface area contributed by atoms with Gasteiger partial charge < -0.3 is 15.2 Å². The number of nitrogens with one attached hydrogen (secondary N) is 2. The first kappa shape index (κ1) is 19.7. The Labute approximate surface area is 175 Å². The smallest absolute Gasteiger partial charge is 0.234 e. The number of rotatable bonds is 5. The number of carbonyl (C=O) groups is 1. The average molecular weight is 412 g/mol. The number of carbonyl (C=O) groups excluding carboxylic acids is 1. The van der Waals surface area contributed by atoms with Crippen LogP contribution in [-0.4, -0.2) is 53.5 Å². The van der Waals surface area contributed by atoms with Gasteiger partial charge in [-0.15, -0.1) is 0 Å². The first-order valence-electron chi connectivity index (χ1n) is 10.1. The van der Waals surface area contributed by atoms with E-state index in [1.54, 1.807) is 0 Å². The van der Waals surface area contributed by atoms with Crippen molar-refractivity contribution in [1.29, 1.82) is 0 Å². The summed E-state index contributed by atoms with van der Waals surface area (Å²) in [5.74, 6) is 0.957. The van der Waals surface area contributed by atoms with E-state index < -0.39 is 0 Å². The molecule has 7 heteroatoms. The summed E-state index contributed by atoms with van der Waals surface area (Å²) in [6.07, 6.45) is 0.997.